The maximum atomic E-state index is 10.4. The summed E-state index contributed by atoms with van der Waals surface area (Å²) in [4.78, 5) is 22.8. The molecule has 6 heteroatoms. The third kappa shape index (κ3) is 11.1. The van der Waals surface area contributed by atoms with Crippen LogP contribution in [0.15, 0.2) is 0 Å². The van der Waals surface area contributed by atoms with Gasteiger partial charge in [-0.15, -0.1) is 0 Å². The van der Waals surface area contributed by atoms with Gasteiger partial charge in [0.05, 0.1) is 0 Å². The van der Waals surface area contributed by atoms with Crippen molar-refractivity contribution in [3.63, 3.8) is 0 Å². The summed E-state index contributed by atoms with van der Waals surface area (Å²) in [5, 5.41) is 17.1. The lowest BCUT2D eigenvalue weighted by molar-refractivity contribution is -0.138. The van der Waals surface area contributed by atoms with Crippen LogP contribution in [-0.2, 0) is 9.59 Å². The summed E-state index contributed by atoms with van der Waals surface area (Å²) in [5.41, 5.74) is 5.42. The highest BCUT2D eigenvalue weighted by molar-refractivity contribution is 5.66. The Kier molecular flexibility index (Phi) is 9.37. The van der Waals surface area contributed by atoms with Gasteiger partial charge in [-0.1, -0.05) is 0 Å². The second-order valence-electron chi connectivity index (χ2n) is 3.98. The maximum absolute atomic E-state index is 10.4. The molecule has 0 amide bonds. The third-order valence-electron chi connectivity index (χ3n) is 2.41. The second kappa shape index (κ2) is 10.0. The van der Waals surface area contributed by atoms with E-state index in [1.165, 1.54) is 0 Å². The molecule has 0 aliphatic heterocycles. The Bertz CT molecular complexity index is 214. The molecule has 0 fully saturated rings. The summed E-state index contributed by atoms with van der Waals surface area (Å²) in [6.45, 7) is 2.77. The number of hydrogen-bond acceptors (Lipinski definition) is 4. The van der Waals surface area contributed by atoms with Crippen molar-refractivity contribution in [2.75, 3.05) is 26.2 Å². The van der Waals surface area contributed by atoms with E-state index in [1.54, 1.807) is 0 Å². The van der Waals surface area contributed by atoms with Gasteiger partial charge in [-0.3, -0.25) is 9.59 Å². The van der Waals surface area contributed by atoms with Crippen LogP contribution in [0.5, 0.6) is 0 Å². The van der Waals surface area contributed by atoms with E-state index in [-0.39, 0.29) is 12.8 Å². The normalized spacial score (nSPS) is 10.7. The Balaban J connectivity index is 3.78. The Hall–Kier alpha value is -1.14. The van der Waals surface area contributed by atoms with Crippen molar-refractivity contribution in [2.45, 2.75) is 32.1 Å². The van der Waals surface area contributed by atoms with Gasteiger partial charge in [0.2, 0.25) is 0 Å². The average molecular weight is 246 g/mol. The zero-order valence-electron chi connectivity index (χ0n) is 10.1. The van der Waals surface area contributed by atoms with E-state index in [2.05, 4.69) is 4.90 Å². The molecule has 0 saturated carbocycles. The van der Waals surface area contributed by atoms with Crippen LogP contribution in [0.25, 0.3) is 0 Å². The van der Waals surface area contributed by atoms with E-state index < -0.39 is 11.9 Å². The van der Waals surface area contributed by atoms with Crippen LogP contribution in [0.2, 0.25) is 0 Å². The number of nitrogens with zero attached hydrogens (tertiary/aromatic N) is 1. The van der Waals surface area contributed by atoms with Gasteiger partial charge in [0.15, 0.2) is 0 Å². The minimum absolute atomic E-state index is 0.151. The zero-order chi connectivity index (χ0) is 13.1. The summed E-state index contributed by atoms with van der Waals surface area (Å²) in [6.07, 6.45) is 2.33. The number of carbonyl (C=O) groups is 2. The Labute approximate surface area is 101 Å². The van der Waals surface area contributed by atoms with Gasteiger partial charge in [0.1, 0.15) is 0 Å². The van der Waals surface area contributed by atoms with E-state index >= 15 is 0 Å². The molecule has 6 nitrogen and oxygen atoms in total. The molecule has 0 atom stereocenters. The van der Waals surface area contributed by atoms with Crippen molar-refractivity contribution in [1.82, 2.24) is 4.90 Å². The lowest BCUT2D eigenvalue weighted by Crippen LogP contribution is -2.29. The van der Waals surface area contributed by atoms with E-state index in [9.17, 15) is 9.59 Å². The summed E-state index contributed by atoms with van der Waals surface area (Å²) < 4.78 is 0. The van der Waals surface area contributed by atoms with Crippen molar-refractivity contribution in [3.05, 3.63) is 0 Å². The van der Waals surface area contributed by atoms with Crippen LogP contribution in [0, 0.1) is 0 Å². The molecule has 0 unspecified atom stereocenters. The van der Waals surface area contributed by atoms with E-state index in [1.807, 2.05) is 0 Å². The fourth-order valence-electron chi connectivity index (χ4n) is 1.56. The topological polar surface area (TPSA) is 104 Å². The molecule has 0 spiro atoms. The number of carboxylic acids is 2. The monoisotopic (exact) mass is 246 g/mol. The molecule has 0 aliphatic rings. The van der Waals surface area contributed by atoms with Gasteiger partial charge in [0.25, 0.3) is 0 Å². The van der Waals surface area contributed by atoms with Crippen molar-refractivity contribution in [1.29, 1.82) is 0 Å². The summed E-state index contributed by atoms with van der Waals surface area (Å²) in [6, 6.07) is 0. The molecule has 4 N–H and O–H groups in total. The van der Waals surface area contributed by atoms with Crippen LogP contribution >= 0.6 is 0 Å². The van der Waals surface area contributed by atoms with Crippen molar-refractivity contribution >= 4 is 11.9 Å². The SMILES string of the molecule is NCCCN(CCCC(=O)O)CCCC(=O)O. The fourth-order valence-corrected chi connectivity index (χ4v) is 1.56. The minimum atomic E-state index is -0.797. The molecule has 0 radical (unpaired) electrons. The lowest BCUT2D eigenvalue weighted by Gasteiger charge is -2.21. The van der Waals surface area contributed by atoms with Gasteiger partial charge in [-0.25, -0.2) is 0 Å². The predicted octanol–water partition coefficient (Wildman–Crippen LogP) is 0.367. The Morgan fingerprint density at radius 1 is 0.882 bits per heavy atom. The molecule has 17 heavy (non-hydrogen) atoms. The van der Waals surface area contributed by atoms with Crippen molar-refractivity contribution in [2.24, 2.45) is 5.73 Å². The molecule has 0 rings (SSSR count). The van der Waals surface area contributed by atoms with Gasteiger partial charge in [-0.05, 0) is 45.4 Å². The van der Waals surface area contributed by atoms with Gasteiger partial charge >= 0.3 is 11.9 Å². The van der Waals surface area contributed by atoms with Gasteiger partial charge in [0, 0.05) is 12.8 Å². The highest BCUT2D eigenvalue weighted by Crippen LogP contribution is 2.01. The summed E-state index contributed by atoms with van der Waals surface area (Å²) >= 11 is 0. The first-order valence-corrected chi connectivity index (χ1v) is 5.92. The molecular formula is C11H22N2O4. The largest absolute Gasteiger partial charge is 0.481 e. The molecule has 0 aromatic carbocycles. The first-order valence-electron chi connectivity index (χ1n) is 5.92. The maximum Gasteiger partial charge on any atom is 0.303 e. The molecular weight excluding hydrogens is 224 g/mol. The number of nitrogens with two attached hydrogens (primary N) is 1. The molecule has 0 aromatic rings. The van der Waals surface area contributed by atoms with Crippen molar-refractivity contribution in [3.8, 4) is 0 Å². The highest BCUT2D eigenvalue weighted by atomic mass is 16.4. The zero-order valence-corrected chi connectivity index (χ0v) is 10.1. The number of aliphatic carboxylic acids is 2. The second-order valence-corrected chi connectivity index (χ2v) is 3.98. The first-order chi connectivity index (χ1) is 8.06. The lowest BCUT2D eigenvalue weighted by atomic mass is 10.2. The van der Waals surface area contributed by atoms with Crippen molar-refractivity contribution < 1.29 is 19.8 Å². The summed E-state index contributed by atoms with van der Waals surface area (Å²) in [7, 11) is 0. The predicted molar refractivity (Wildman–Crippen MR) is 63.9 cm³/mol. The van der Waals surface area contributed by atoms with E-state index in [0.29, 0.717) is 32.5 Å². The van der Waals surface area contributed by atoms with Gasteiger partial charge in [-0.2, -0.15) is 0 Å². The standard InChI is InChI=1S/C11H22N2O4/c12-6-3-9-13(7-1-4-10(14)15)8-2-5-11(16)17/h1-9,12H2,(H,14,15)(H,16,17). The minimum Gasteiger partial charge on any atom is -0.481 e. The molecule has 0 bridgehead atoms. The van der Waals surface area contributed by atoms with Crippen LogP contribution in [0.3, 0.4) is 0 Å². The number of carboxylic acid groups (broad SMARTS) is 2. The number of rotatable bonds is 11. The van der Waals surface area contributed by atoms with Gasteiger partial charge < -0.3 is 20.8 Å². The van der Waals surface area contributed by atoms with Crippen LogP contribution in [0.1, 0.15) is 32.1 Å². The number of hydrogen-bond donors (Lipinski definition) is 3. The Morgan fingerprint density at radius 3 is 1.65 bits per heavy atom. The van der Waals surface area contributed by atoms with Crippen LogP contribution < -0.4 is 5.73 Å². The quantitative estimate of drug-likeness (QED) is 0.486. The highest BCUT2D eigenvalue weighted by Gasteiger charge is 2.07. The third-order valence-corrected chi connectivity index (χ3v) is 2.41. The molecule has 0 heterocycles. The Morgan fingerprint density at radius 2 is 1.29 bits per heavy atom. The smallest absolute Gasteiger partial charge is 0.303 e. The first kappa shape index (κ1) is 15.9. The average Bonchev–Trinajstić information content (AvgIpc) is 2.24. The molecule has 0 saturated heterocycles. The molecule has 0 aromatic heterocycles. The molecule has 100 valence electrons. The summed E-state index contributed by atoms with van der Waals surface area (Å²) in [5.74, 6) is -1.59. The van der Waals surface area contributed by atoms with E-state index in [4.69, 9.17) is 15.9 Å². The fraction of sp³-hybridized carbons (Fsp3) is 0.818. The van der Waals surface area contributed by atoms with Crippen LogP contribution in [0.4, 0.5) is 0 Å². The van der Waals surface area contributed by atoms with E-state index in [0.717, 1.165) is 13.0 Å². The molecule has 0 aliphatic carbocycles. The van der Waals surface area contributed by atoms with Crippen LogP contribution in [-0.4, -0.2) is 53.2 Å².